The maximum Gasteiger partial charge on any atom is 0.416 e. The number of nitrogens with zero attached hydrogens (tertiary/aromatic N) is 3. The van der Waals surface area contributed by atoms with Gasteiger partial charge in [0.25, 0.3) is 0 Å². The van der Waals surface area contributed by atoms with Crippen molar-refractivity contribution in [2.75, 3.05) is 25.5 Å². The van der Waals surface area contributed by atoms with Crippen molar-refractivity contribution in [3.05, 3.63) is 35.4 Å². The smallest absolute Gasteiger partial charge is 0.416 e. The molecule has 2 heterocycles. The van der Waals surface area contributed by atoms with Crippen molar-refractivity contribution in [2.45, 2.75) is 38.0 Å². The number of piperidine rings is 1. The number of alkyl halides is 3. The molecule has 1 aliphatic rings. The number of aryl methyl sites for hydroxylation is 1. The van der Waals surface area contributed by atoms with Gasteiger partial charge in [0.05, 0.1) is 11.3 Å². The topological polar surface area (TPSA) is 114 Å². The Bertz CT molecular complexity index is 954. The van der Waals surface area contributed by atoms with Gasteiger partial charge in [-0.15, -0.1) is 10.2 Å². The number of hydrogen-bond acceptors (Lipinski definition) is 7. The second-order valence-corrected chi connectivity index (χ2v) is 7.63. The molecule has 0 radical (unpaired) electrons. The van der Waals surface area contributed by atoms with Crippen LogP contribution < -0.4 is 11.1 Å². The molecule has 1 amide bonds. The van der Waals surface area contributed by atoms with Crippen LogP contribution in [0.4, 0.5) is 23.8 Å². The van der Waals surface area contributed by atoms with Crippen LogP contribution in [-0.2, 0) is 10.9 Å². The molecule has 31 heavy (non-hydrogen) atoms. The molecule has 2 atom stereocenters. The van der Waals surface area contributed by atoms with Gasteiger partial charge >= 0.3 is 12.3 Å². The Hall–Kier alpha value is -3.08. The summed E-state index contributed by atoms with van der Waals surface area (Å²) in [4.78, 5) is 12.9. The maximum atomic E-state index is 12.8. The van der Waals surface area contributed by atoms with E-state index in [0.29, 0.717) is 29.7 Å². The number of anilines is 1. The Labute approximate surface area is 177 Å². The summed E-state index contributed by atoms with van der Waals surface area (Å²) in [5.74, 6) is 0.0175. The first-order valence-electron chi connectivity index (χ1n) is 9.68. The van der Waals surface area contributed by atoms with Gasteiger partial charge in [0.2, 0.25) is 0 Å². The maximum absolute atomic E-state index is 12.8. The Morgan fingerprint density at radius 2 is 2.06 bits per heavy atom. The number of rotatable bonds is 5. The lowest BCUT2D eigenvalue weighted by Crippen LogP contribution is -2.48. The lowest BCUT2D eigenvalue weighted by atomic mass is 9.99. The Balaban J connectivity index is 1.67. The van der Waals surface area contributed by atoms with Crippen molar-refractivity contribution in [1.29, 1.82) is 0 Å². The summed E-state index contributed by atoms with van der Waals surface area (Å²) in [6.07, 6.45) is -3.72. The molecule has 1 saturated heterocycles. The second-order valence-electron chi connectivity index (χ2n) is 7.63. The summed E-state index contributed by atoms with van der Waals surface area (Å²) in [5.41, 5.74) is 5.23. The predicted octanol–water partition coefficient (Wildman–Crippen LogP) is 3.15. The van der Waals surface area contributed by atoms with Gasteiger partial charge in [0, 0.05) is 24.2 Å². The average molecular weight is 439 g/mol. The highest BCUT2D eigenvalue weighted by atomic mass is 19.4. The second kappa shape index (κ2) is 8.96. The predicted molar refractivity (Wildman–Crippen MR) is 107 cm³/mol. The number of phenolic OH excluding ortho intramolecular Hbond substituents is 1. The van der Waals surface area contributed by atoms with Crippen LogP contribution in [0.5, 0.6) is 5.75 Å². The van der Waals surface area contributed by atoms with Gasteiger partial charge in [-0.25, -0.2) is 4.79 Å². The zero-order chi connectivity index (χ0) is 22.8. The van der Waals surface area contributed by atoms with Crippen molar-refractivity contribution in [2.24, 2.45) is 5.73 Å². The number of hydrogen-bond donors (Lipinski definition) is 3. The summed E-state index contributed by atoms with van der Waals surface area (Å²) < 4.78 is 43.3. The molecule has 3 rings (SSSR count). The summed E-state index contributed by atoms with van der Waals surface area (Å²) >= 11 is 0. The molecule has 8 nitrogen and oxygen atoms in total. The quantitative estimate of drug-likeness (QED) is 0.656. The first kappa shape index (κ1) is 22.6. The molecular formula is C20H24F3N5O3. The SMILES string of the molecule is Cc1cc(N[C@@H]2CC[C@@H](COC(N)=O)N(C)C2)nnc1-c1ccc(C(F)(F)F)cc1O. The van der Waals surface area contributed by atoms with E-state index < -0.39 is 23.6 Å². The molecular weight excluding hydrogens is 415 g/mol. The van der Waals surface area contributed by atoms with Gasteiger partial charge in [0.15, 0.2) is 0 Å². The van der Waals surface area contributed by atoms with E-state index in [1.807, 2.05) is 7.05 Å². The number of nitrogens with one attached hydrogen (secondary N) is 1. The zero-order valence-corrected chi connectivity index (χ0v) is 17.1. The summed E-state index contributed by atoms with van der Waals surface area (Å²) in [6.45, 7) is 2.67. The number of halogens is 3. The number of likely N-dealkylation sites (N-methyl/N-ethyl adjacent to an activating group) is 1. The molecule has 168 valence electrons. The molecule has 1 fully saturated rings. The highest BCUT2D eigenvalue weighted by Gasteiger charge is 2.31. The van der Waals surface area contributed by atoms with E-state index in [4.69, 9.17) is 10.5 Å². The fourth-order valence-corrected chi connectivity index (χ4v) is 3.65. The molecule has 2 aromatic rings. The van der Waals surface area contributed by atoms with E-state index in [2.05, 4.69) is 20.4 Å². The minimum Gasteiger partial charge on any atom is -0.507 e. The number of nitrogens with two attached hydrogens (primary N) is 1. The molecule has 1 aliphatic heterocycles. The van der Waals surface area contributed by atoms with Crippen molar-refractivity contribution < 1.29 is 27.8 Å². The molecule has 0 spiro atoms. The van der Waals surface area contributed by atoms with Crippen LogP contribution in [0.25, 0.3) is 11.3 Å². The van der Waals surface area contributed by atoms with E-state index in [1.54, 1.807) is 13.0 Å². The normalized spacial score (nSPS) is 19.8. The Morgan fingerprint density at radius 3 is 2.65 bits per heavy atom. The summed E-state index contributed by atoms with van der Waals surface area (Å²) in [6, 6.07) is 4.68. The summed E-state index contributed by atoms with van der Waals surface area (Å²) in [5, 5.41) is 21.6. The number of likely N-dealkylation sites (tertiary alicyclic amines) is 1. The molecule has 1 aromatic carbocycles. The van der Waals surface area contributed by atoms with E-state index in [-0.39, 0.29) is 24.3 Å². The largest absolute Gasteiger partial charge is 0.507 e. The minimum absolute atomic E-state index is 0.0865. The molecule has 0 aliphatic carbocycles. The van der Waals surface area contributed by atoms with Gasteiger partial charge in [-0.2, -0.15) is 13.2 Å². The van der Waals surface area contributed by atoms with E-state index in [0.717, 1.165) is 18.9 Å². The Morgan fingerprint density at radius 1 is 1.32 bits per heavy atom. The number of benzene rings is 1. The van der Waals surface area contributed by atoms with Crippen molar-refractivity contribution >= 4 is 11.9 Å². The zero-order valence-electron chi connectivity index (χ0n) is 17.1. The van der Waals surface area contributed by atoms with Crippen molar-refractivity contribution in [1.82, 2.24) is 15.1 Å². The number of ether oxygens (including phenoxy) is 1. The Kier molecular flexibility index (Phi) is 6.54. The fraction of sp³-hybridized carbons (Fsp3) is 0.450. The number of phenols is 1. The number of carbonyl (C=O) groups excluding carboxylic acids is 1. The number of carbonyl (C=O) groups is 1. The van der Waals surface area contributed by atoms with Crippen LogP contribution in [0.3, 0.4) is 0 Å². The first-order chi connectivity index (χ1) is 14.5. The highest BCUT2D eigenvalue weighted by molar-refractivity contribution is 5.70. The summed E-state index contributed by atoms with van der Waals surface area (Å²) in [7, 11) is 1.93. The van der Waals surface area contributed by atoms with Crippen LogP contribution in [0.2, 0.25) is 0 Å². The molecule has 0 unspecified atom stereocenters. The lowest BCUT2D eigenvalue weighted by Gasteiger charge is -2.37. The van der Waals surface area contributed by atoms with Gasteiger partial charge in [-0.1, -0.05) is 0 Å². The van der Waals surface area contributed by atoms with E-state index in [9.17, 15) is 23.1 Å². The molecule has 1 aromatic heterocycles. The third kappa shape index (κ3) is 5.54. The molecule has 0 saturated carbocycles. The number of aromatic nitrogens is 2. The van der Waals surface area contributed by atoms with E-state index in [1.165, 1.54) is 6.07 Å². The average Bonchev–Trinajstić information content (AvgIpc) is 2.67. The van der Waals surface area contributed by atoms with Gasteiger partial charge in [-0.05, 0) is 56.6 Å². The van der Waals surface area contributed by atoms with Gasteiger partial charge in [0.1, 0.15) is 18.2 Å². The van der Waals surface area contributed by atoms with Gasteiger partial charge in [-0.3, -0.25) is 4.90 Å². The van der Waals surface area contributed by atoms with Gasteiger partial charge < -0.3 is 20.9 Å². The lowest BCUT2D eigenvalue weighted by molar-refractivity contribution is -0.137. The highest BCUT2D eigenvalue weighted by Crippen LogP contribution is 2.36. The first-order valence-corrected chi connectivity index (χ1v) is 9.68. The fourth-order valence-electron chi connectivity index (χ4n) is 3.65. The van der Waals surface area contributed by atoms with Crippen molar-refractivity contribution in [3.63, 3.8) is 0 Å². The number of aromatic hydroxyl groups is 1. The van der Waals surface area contributed by atoms with Crippen LogP contribution in [0, 0.1) is 6.92 Å². The molecule has 11 heteroatoms. The minimum atomic E-state index is -4.54. The van der Waals surface area contributed by atoms with E-state index >= 15 is 0 Å². The van der Waals surface area contributed by atoms with Crippen LogP contribution in [-0.4, -0.2) is 58.6 Å². The standard InChI is InChI=1S/C20H24F3N5O3/c1-11-7-17(25-13-4-5-14(28(2)9-13)10-31-19(24)30)26-27-18(11)15-6-3-12(8-16(15)29)20(21,22)23/h3,6-8,13-14,29H,4-5,9-10H2,1-2H3,(H2,24,30)(H,25,26)/t13-,14+/m1/s1. The molecule has 4 N–H and O–H groups in total. The van der Waals surface area contributed by atoms with Crippen LogP contribution >= 0.6 is 0 Å². The third-order valence-corrected chi connectivity index (χ3v) is 5.31. The third-order valence-electron chi connectivity index (χ3n) is 5.31. The van der Waals surface area contributed by atoms with Crippen LogP contribution in [0.15, 0.2) is 24.3 Å². The molecule has 0 bridgehead atoms. The van der Waals surface area contributed by atoms with Crippen LogP contribution in [0.1, 0.15) is 24.0 Å². The van der Waals surface area contributed by atoms with Crippen molar-refractivity contribution in [3.8, 4) is 17.0 Å². The monoisotopic (exact) mass is 439 g/mol. The number of primary amides is 1. The number of amides is 1.